The van der Waals surface area contributed by atoms with Crippen LogP contribution in [0.3, 0.4) is 0 Å². The van der Waals surface area contributed by atoms with E-state index in [4.69, 9.17) is 0 Å². The first-order valence-electron chi connectivity index (χ1n) is 9.19. The number of pyridine rings is 3. The zero-order valence-corrected chi connectivity index (χ0v) is 15.8. The number of hydrogen-bond acceptors (Lipinski definition) is 6. The second kappa shape index (κ2) is 8.74. The summed E-state index contributed by atoms with van der Waals surface area (Å²) < 4.78 is 0. The maximum absolute atomic E-state index is 11.2. The van der Waals surface area contributed by atoms with E-state index in [1.807, 2.05) is 54.6 Å². The first kappa shape index (κ1) is 18.9. The van der Waals surface area contributed by atoms with Crippen molar-refractivity contribution in [3.63, 3.8) is 0 Å². The molecule has 0 radical (unpaired) electrons. The molecule has 0 aliphatic heterocycles. The van der Waals surface area contributed by atoms with Gasteiger partial charge in [0.1, 0.15) is 0 Å². The molecule has 0 fully saturated rings. The second-order valence-electron chi connectivity index (χ2n) is 6.45. The van der Waals surface area contributed by atoms with Gasteiger partial charge in [-0.15, -0.1) is 0 Å². The van der Waals surface area contributed by atoms with Crippen molar-refractivity contribution >= 4 is 29.3 Å². The Balaban J connectivity index is 1.59. The molecule has 7 heteroatoms. The fourth-order valence-electron chi connectivity index (χ4n) is 2.93. The van der Waals surface area contributed by atoms with Crippen LogP contribution in [0, 0.1) is 10.1 Å². The Kier molecular flexibility index (Phi) is 5.52. The number of hydrogen-bond donors (Lipinski definition) is 1. The molecule has 0 saturated heterocycles. The molecule has 3 heterocycles. The molecule has 0 amide bonds. The van der Waals surface area contributed by atoms with Crippen molar-refractivity contribution in [1.82, 2.24) is 15.0 Å². The first-order valence-corrected chi connectivity index (χ1v) is 9.19. The van der Waals surface area contributed by atoms with E-state index in [0.717, 1.165) is 22.3 Å². The predicted octanol–water partition coefficient (Wildman–Crippen LogP) is 5.36. The van der Waals surface area contributed by atoms with Gasteiger partial charge in [-0.2, -0.15) is 0 Å². The van der Waals surface area contributed by atoms with Crippen molar-refractivity contribution in [3.05, 3.63) is 107 Å². The van der Waals surface area contributed by atoms with Crippen LogP contribution in [0.2, 0.25) is 0 Å². The van der Waals surface area contributed by atoms with Gasteiger partial charge in [-0.3, -0.25) is 20.1 Å². The highest BCUT2D eigenvalue weighted by atomic mass is 16.6. The molecule has 0 unspecified atom stereocenters. The topological polar surface area (TPSA) is 93.8 Å². The van der Waals surface area contributed by atoms with Crippen LogP contribution < -0.4 is 5.32 Å². The highest BCUT2D eigenvalue weighted by molar-refractivity contribution is 5.75. The average molecular weight is 395 g/mol. The van der Waals surface area contributed by atoms with Crippen LogP contribution in [0.5, 0.6) is 0 Å². The Morgan fingerprint density at radius 3 is 2.50 bits per heavy atom. The Morgan fingerprint density at radius 1 is 0.833 bits per heavy atom. The summed E-state index contributed by atoms with van der Waals surface area (Å²) in [6.45, 7) is 0. The Bertz CT molecular complexity index is 1210. The summed E-state index contributed by atoms with van der Waals surface area (Å²) in [5.41, 5.74) is 4.51. The maximum Gasteiger partial charge on any atom is 0.311 e. The fraction of sp³-hybridized carbons (Fsp3) is 0. The third-order valence-corrected chi connectivity index (χ3v) is 4.38. The van der Waals surface area contributed by atoms with E-state index in [1.165, 1.54) is 18.3 Å². The molecule has 7 nitrogen and oxygen atoms in total. The quantitative estimate of drug-likeness (QED) is 0.349. The van der Waals surface area contributed by atoms with E-state index in [0.29, 0.717) is 5.69 Å². The lowest BCUT2D eigenvalue weighted by molar-refractivity contribution is -0.384. The summed E-state index contributed by atoms with van der Waals surface area (Å²) in [5, 5.41) is 14.2. The molecule has 146 valence electrons. The van der Waals surface area contributed by atoms with Crippen molar-refractivity contribution in [3.8, 4) is 11.1 Å². The summed E-state index contributed by atoms with van der Waals surface area (Å²) in [7, 11) is 0. The van der Waals surface area contributed by atoms with E-state index in [2.05, 4.69) is 20.3 Å². The van der Waals surface area contributed by atoms with Gasteiger partial charge in [0.15, 0.2) is 0 Å². The van der Waals surface area contributed by atoms with Gasteiger partial charge < -0.3 is 5.32 Å². The van der Waals surface area contributed by atoms with Gasteiger partial charge in [0.25, 0.3) is 0 Å². The minimum atomic E-state index is -0.457. The van der Waals surface area contributed by atoms with Crippen LogP contribution in [0.1, 0.15) is 11.1 Å². The molecule has 0 saturated carbocycles. The number of rotatable bonds is 6. The van der Waals surface area contributed by atoms with Gasteiger partial charge in [0.05, 0.1) is 4.92 Å². The standard InChI is InChI=1S/C23H17N5O2/c29-28(30)22-5-2-10-26-23(22)27-21-4-1-3-19(14-21)20-13-18(15-25-16-20)7-6-17-8-11-24-12-9-17/h1-16H,(H,26,27)/b7-6+. The molecule has 0 atom stereocenters. The van der Waals surface area contributed by atoms with E-state index < -0.39 is 4.92 Å². The molecule has 0 aliphatic carbocycles. The highest BCUT2D eigenvalue weighted by Crippen LogP contribution is 2.28. The first-order chi connectivity index (χ1) is 14.7. The number of benzene rings is 1. The van der Waals surface area contributed by atoms with E-state index in [1.54, 1.807) is 24.8 Å². The van der Waals surface area contributed by atoms with Crippen molar-refractivity contribution in [1.29, 1.82) is 0 Å². The van der Waals surface area contributed by atoms with Crippen molar-refractivity contribution in [2.45, 2.75) is 0 Å². The minimum Gasteiger partial charge on any atom is -0.334 e. The average Bonchev–Trinajstić information content (AvgIpc) is 2.79. The monoisotopic (exact) mass is 395 g/mol. The number of aromatic nitrogens is 3. The van der Waals surface area contributed by atoms with E-state index >= 15 is 0 Å². The summed E-state index contributed by atoms with van der Waals surface area (Å²) >= 11 is 0. The van der Waals surface area contributed by atoms with Crippen LogP contribution in [0.4, 0.5) is 17.2 Å². The highest BCUT2D eigenvalue weighted by Gasteiger charge is 2.14. The van der Waals surface area contributed by atoms with Gasteiger partial charge in [0.2, 0.25) is 5.82 Å². The fourth-order valence-corrected chi connectivity index (χ4v) is 2.93. The van der Waals surface area contributed by atoms with E-state index in [-0.39, 0.29) is 11.5 Å². The number of anilines is 2. The van der Waals surface area contributed by atoms with Gasteiger partial charge in [-0.05, 0) is 53.1 Å². The van der Waals surface area contributed by atoms with Crippen molar-refractivity contribution in [2.75, 3.05) is 5.32 Å². The van der Waals surface area contributed by atoms with Gasteiger partial charge >= 0.3 is 5.69 Å². The normalized spacial score (nSPS) is 10.8. The van der Waals surface area contributed by atoms with Crippen molar-refractivity contribution in [2.24, 2.45) is 0 Å². The Hall–Kier alpha value is -4.39. The van der Waals surface area contributed by atoms with Crippen LogP contribution >= 0.6 is 0 Å². The number of nitro groups is 1. The number of nitrogens with one attached hydrogen (secondary N) is 1. The largest absolute Gasteiger partial charge is 0.334 e. The summed E-state index contributed by atoms with van der Waals surface area (Å²) in [6.07, 6.45) is 12.6. The number of nitrogens with zero attached hydrogens (tertiary/aromatic N) is 4. The summed E-state index contributed by atoms with van der Waals surface area (Å²) in [6, 6.07) is 16.4. The zero-order chi connectivity index (χ0) is 20.8. The van der Waals surface area contributed by atoms with Gasteiger partial charge in [0, 0.05) is 48.3 Å². The van der Waals surface area contributed by atoms with Crippen molar-refractivity contribution < 1.29 is 4.92 Å². The summed E-state index contributed by atoms with van der Waals surface area (Å²) in [4.78, 5) is 23.2. The second-order valence-corrected chi connectivity index (χ2v) is 6.45. The molecule has 4 aromatic rings. The molecule has 0 aliphatic rings. The van der Waals surface area contributed by atoms with Crippen LogP contribution in [0.25, 0.3) is 23.3 Å². The molecule has 3 aromatic heterocycles. The molecular weight excluding hydrogens is 378 g/mol. The van der Waals surface area contributed by atoms with Crippen LogP contribution in [-0.2, 0) is 0 Å². The lowest BCUT2D eigenvalue weighted by atomic mass is 10.0. The van der Waals surface area contributed by atoms with Crippen LogP contribution in [-0.4, -0.2) is 19.9 Å². The van der Waals surface area contributed by atoms with Gasteiger partial charge in [-0.1, -0.05) is 24.3 Å². The smallest absolute Gasteiger partial charge is 0.311 e. The molecule has 0 spiro atoms. The molecule has 0 bridgehead atoms. The SMILES string of the molecule is O=[N+]([O-])c1cccnc1Nc1cccc(-c2cncc(/C=C/c3ccncc3)c2)c1. The lowest BCUT2D eigenvalue weighted by Crippen LogP contribution is -1.99. The molecule has 30 heavy (non-hydrogen) atoms. The third kappa shape index (κ3) is 4.53. The zero-order valence-electron chi connectivity index (χ0n) is 15.8. The van der Waals surface area contributed by atoms with Gasteiger partial charge in [-0.25, -0.2) is 4.98 Å². The Morgan fingerprint density at radius 2 is 1.67 bits per heavy atom. The lowest BCUT2D eigenvalue weighted by Gasteiger charge is -2.08. The third-order valence-electron chi connectivity index (χ3n) is 4.38. The minimum absolute atomic E-state index is 0.0761. The Labute approximate surface area is 173 Å². The molecule has 4 rings (SSSR count). The molecule has 1 N–H and O–H groups in total. The van der Waals surface area contributed by atoms with E-state index in [9.17, 15) is 10.1 Å². The molecular formula is C23H17N5O2. The molecule has 1 aromatic carbocycles. The predicted molar refractivity (Wildman–Crippen MR) is 117 cm³/mol. The maximum atomic E-state index is 11.2. The van der Waals surface area contributed by atoms with Crippen LogP contribution in [0.15, 0.2) is 85.6 Å². The summed E-state index contributed by atoms with van der Waals surface area (Å²) in [5.74, 6) is 0.201.